The summed E-state index contributed by atoms with van der Waals surface area (Å²) < 4.78 is 20.2. The Labute approximate surface area is 130 Å². The lowest BCUT2D eigenvalue weighted by atomic mass is 10.3. The van der Waals surface area contributed by atoms with Crippen LogP contribution in [0.2, 0.25) is 0 Å². The zero-order valence-electron chi connectivity index (χ0n) is 11.2. The van der Waals surface area contributed by atoms with Crippen molar-refractivity contribution in [3.05, 3.63) is 40.9 Å². The molecule has 2 heterocycles. The molecule has 3 rings (SSSR count). The molecule has 21 heavy (non-hydrogen) atoms. The fraction of sp³-hybridized carbons (Fsp3) is 0.286. The van der Waals surface area contributed by atoms with Gasteiger partial charge in [-0.25, -0.2) is 14.4 Å². The number of aromatic nitrogens is 2. The molecule has 0 unspecified atom stereocenters. The van der Waals surface area contributed by atoms with Crippen LogP contribution < -0.4 is 15.0 Å². The molecule has 1 aliphatic rings. The van der Waals surface area contributed by atoms with E-state index >= 15 is 0 Å². The Morgan fingerprint density at radius 1 is 1.19 bits per heavy atom. The zero-order valence-corrected chi connectivity index (χ0v) is 12.8. The van der Waals surface area contributed by atoms with Gasteiger partial charge in [0.15, 0.2) is 17.4 Å². The van der Waals surface area contributed by atoms with Crippen LogP contribution in [0, 0.1) is 5.82 Å². The zero-order chi connectivity index (χ0) is 14.7. The van der Waals surface area contributed by atoms with Crippen LogP contribution in [0.25, 0.3) is 0 Å². The Kier molecular flexibility index (Phi) is 4.31. The molecule has 0 atom stereocenters. The Morgan fingerprint density at radius 3 is 2.71 bits per heavy atom. The normalized spacial score (nSPS) is 15.0. The molecule has 0 bridgehead atoms. The van der Waals surface area contributed by atoms with Gasteiger partial charge in [-0.05, 0) is 18.2 Å². The maximum absolute atomic E-state index is 13.9. The number of anilines is 1. The molecule has 0 radical (unpaired) electrons. The molecule has 0 spiro atoms. The predicted molar refractivity (Wildman–Crippen MR) is 81.3 cm³/mol. The average Bonchev–Trinajstić information content (AvgIpc) is 2.51. The summed E-state index contributed by atoms with van der Waals surface area (Å²) >= 11 is 3.22. The van der Waals surface area contributed by atoms with E-state index in [4.69, 9.17) is 4.74 Å². The lowest BCUT2D eigenvalue weighted by molar-refractivity contribution is 0.423. The molecule has 2 aromatic rings. The largest absolute Gasteiger partial charge is 0.433 e. The summed E-state index contributed by atoms with van der Waals surface area (Å²) in [4.78, 5) is 10.6. The van der Waals surface area contributed by atoms with E-state index in [1.54, 1.807) is 18.3 Å². The molecule has 0 aliphatic carbocycles. The van der Waals surface area contributed by atoms with Gasteiger partial charge in [0.2, 0.25) is 0 Å². The second kappa shape index (κ2) is 6.36. The van der Waals surface area contributed by atoms with Crippen molar-refractivity contribution < 1.29 is 9.13 Å². The molecule has 1 aliphatic heterocycles. The molecule has 1 aromatic heterocycles. The number of nitrogens with zero attached hydrogens (tertiary/aromatic N) is 3. The van der Waals surface area contributed by atoms with Crippen LogP contribution in [-0.2, 0) is 0 Å². The lowest BCUT2D eigenvalue weighted by Crippen LogP contribution is -2.44. The van der Waals surface area contributed by atoms with Crippen molar-refractivity contribution in [2.45, 2.75) is 0 Å². The van der Waals surface area contributed by atoms with E-state index < -0.39 is 5.82 Å². The molecular formula is C14H14BrFN4O. The monoisotopic (exact) mass is 352 g/mol. The third-order valence-corrected chi connectivity index (χ3v) is 3.66. The second-order valence-corrected chi connectivity index (χ2v) is 5.51. The first kappa shape index (κ1) is 14.2. The van der Waals surface area contributed by atoms with Crippen molar-refractivity contribution in [2.75, 3.05) is 31.1 Å². The first-order valence-corrected chi connectivity index (χ1v) is 7.43. The highest BCUT2D eigenvalue weighted by Crippen LogP contribution is 2.30. The highest BCUT2D eigenvalue weighted by molar-refractivity contribution is 9.10. The third-order valence-electron chi connectivity index (χ3n) is 3.16. The van der Waals surface area contributed by atoms with Crippen molar-refractivity contribution in [1.29, 1.82) is 0 Å². The fourth-order valence-corrected chi connectivity index (χ4v) is 2.48. The van der Waals surface area contributed by atoms with Crippen LogP contribution in [0.15, 0.2) is 35.1 Å². The maximum Gasteiger partial charge on any atom is 0.263 e. The fourth-order valence-electron chi connectivity index (χ4n) is 2.15. The number of hydrogen-bond donors (Lipinski definition) is 1. The minimum Gasteiger partial charge on any atom is -0.433 e. The topological polar surface area (TPSA) is 50.3 Å². The van der Waals surface area contributed by atoms with Crippen LogP contribution in [0.1, 0.15) is 0 Å². The van der Waals surface area contributed by atoms with Gasteiger partial charge in [-0.1, -0.05) is 15.9 Å². The lowest BCUT2D eigenvalue weighted by Gasteiger charge is -2.28. The Morgan fingerprint density at radius 2 is 1.95 bits per heavy atom. The van der Waals surface area contributed by atoms with E-state index in [2.05, 4.69) is 36.1 Å². The van der Waals surface area contributed by atoms with E-state index in [0.29, 0.717) is 16.2 Å². The summed E-state index contributed by atoms with van der Waals surface area (Å²) in [5, 5.41) is 3.27. The summed E-state index contributed by atoms with van der Waals surface area (Å²) in [6.45, 7) is 3.39. The summed E-state index contributed by atoms with van der Waals surface area (Å²) in [5.41, 5.74) is 0. The number of rotatable bonds is 3. The highest BCUT2D eigenvalue weighted by Gasteiger charge is 2.18. The van der Waals surface area contributed by atoms with Crippen molar-refractivity contribution in [3.63, 3.8) is 0 Å². The van der Waals surface area contributed by atoms with E-state index in [9.17, 15) is 4.39 Å². The molecule has 7 heteroatoms. The van der Waals surface area contributed by atoms with Gasteiger partial charge in [0.05, 0.1) is 0 Å². The minimum atomic E-state index is -0.443. The van der Waals surface area contributed by atoms with Gasteiger partial charge in [-0.3, -0.25) is 0 Å². The minimum absolute atomic E-state index is 0.134. The van der Waals surface area contributed by atoms with Gasteiger partial charge in [0, 0.05) is 43.0 Å². The first-order chi connectivity index (χ1) is 10.2. The smallest absolute Gasteiger partial charge is 0.263 e. The summed E-state index contributed by atoms with van der Waals surface area (Å²) in [6, 6.07) is 4.64. The molecule has 1 aromatic carbocycles. The number of hydrogen-bond acceptors (Lipinski definition) is 5. The Hall–Kier alpha value is -1.73. The van der Waals surface area contributed by atoms with Crippen molar-refractivity contribution in [1.82, 2.24) is 15.3 Å². The number of ether oxygens (including phenoxy) is 1. The third kappa shape index (κ3) is 3.30. The number of halogens is 2. The average molecular weight is 353 g/mol. The van der Waals surface area contributed by atoms with Crippen LogP contribution in [0.4, 0.5) is 10.2 Å². The van der Waals surface area contributed by atoms with E-state index in [1.165, 1.54) is 12.3 Å². The van der Waals surface area contributed by atoms with Crippen molar-refractivity contribution >= 4 is 21.7 Å². The van der Waals surface area contributed by atoms with Gasteiger partial charge in [0.1, 0.15) is 0 Å². The molecule has 110 valence electrons. The number of benzene rings is 1. The Bertz CT molecular complexity index is 634. The molecular weight excluding hydrogens is 339 g/mol. The van der Waals surface area contributed by atoms with Crippen LogP contribution in [0.5, 0.6) is 11.6 Å². The molecule has 1 fully saturated rings. The molecule has 1 saturated heterocycles. The predicted octanol–water partition coefficient (Wildman–Crippen LogP) is 2.58. The van der Waals surface area contributed by atoms with Gasteiger partial charge in [-0.2, -0.15) is 0 Å². The standard InChI is InChI=1S/C14H14BrFN4O/c15-10-1-2-12(11(16)9-10)21-14-13(18-3-4-19-14)20-7-5-17-6-8-20/h1-4,9,17H,5-8H2. The molecule has 0 saturated carbocycles. The maximum atomic E-state index is 13.9. The van der Waals surface area contributed by atoms with Crippen LogP contribution in [0.3, 0.4) is 0 Å². The van der Waals surface area contributed by atoms with Crippen LogP contribution >= 0.6 is 15.9 Å². The quantitative estimate of drug-likeness (QED) is 0.919. The number of nitrogens with one attached hydrogen (secondary N) is 1. The van der Waals surface area contributed by atoms with E-state index in [0.717, 1.165) is 26.2 Å². The SMILES string of the molecule is Fc1cc(Br)ccc1Oc1nccnc1N1CCNCC1. The highest BCUT2D eigenvalue weighted by atomic mass is 79.9. The van der Waals surface area contributed by atoms with Gasteiger partial charge in [0.25, 0.3) is 5.88 Å². The summed E-state index contributed by atoms with van der Waals surface area (Å²) in [5.74, 6) is 0.651. The van der Waals surface area contributed by atoms with Gasteiger partial charge >= 0.3 is 0 Å². The van der Waals surface area contributed by atoms with Gasteiger partial charge in [-0.15, -0.1) is 0 Å². The molecule has 1 N–H and O–H groups in total. The summed E-state index contributed by atoms with van der Waals surface area (Å²) in [7, 11) is 0. The van der Waals surface area contributed by atoms with E-state index in [-0.39, 0.29) is 5.75 Å². The van der Waals surface area contributed by atoms with Crippen molar-refractivity contribution in [3.8, 4) is 11.6 Å². The van der Waals surface area contributed by atoms with Gasteiger partial charge < -0.3 is 15.0 Å². The van der Waals surface area contributed by atoms with Crippen LogP contribution in [-0.4, -0.2) is 36.1 Å². The molecule has 0 amide bonds. The first-order valence-electron chi connectivity index (χ1n) is 6.63. The Balaban J connectivity index is 1.88. The van der Waals surface area contributed by atoms with Crippen molar-refractivity contribution in [2.24, 2.45) is 0 Å². The summed E-state index contributed by atoms with van der Waals surface area (Å²) in [6.07, 6.45) is 3.15. The molecule has 5 nitrogen and oxygen atoms in total. The second-order valence-electron chi connectivity index (χ2n) is 4.60. The number of piperazine rings is 1. The van der Waals surface area contributed by atoms with E-state index in [1.807, 2.05) is 0 Å².